The van der Waals surface area contributed by atoms with Crippen LogP contribution in [0.3, 0.4) is 0 Å². The molecule has 0 atom stereocenters. The maximum atomic E-state index is 12.2. The Labute approximate surface area is 284 Å². The van der Waals surface area contributed by atoms with Crippen molar-refractivity contribution in [1.82, 2.24) is 15.2 Å². The summed E-state index contributed by atoms with van der Waals surface area (Å²) >= 11 is 0. The summed E-state index contributed by atoms with van der Waals surface area (Å²) < 4.78 is 23.3. The van der Waals surface area contributed by atoms with E-state index in [9.17, 15) is 24.0 Å². The highest BCUT2D eigenvalue weighted by Crippen LogP contribution is 2.34. The number of carboxylic acid groups (broad SMARTS) is 4. The first kappa shape index (κ1) is 38.2. The van der Waals surface area contributed by atoms with E-state index < -0.39 is 23.9 Å². The quantitative estimate of drug-likeness (QED) is 0.141. The lowest BCUT2D eigenvalue weighted by Gasteiger charge is -2.26. The van der Waals surface area contributed by atoms with Gasteiger partial charge in [0.25, 0.3) is 5.91 Å². The third kappa shape index (κ3) is 12.1. The number of amides is 1. The first-order chi connectivity index (χ1) is 23.9. The van der Waals surface area contributed by atoms with Crippen molar-refractivity contribution in [2.24, 2.45) is 0 Å². The lowest BCUT2D eigenvalue weighted by Crippen LogP contribution is -2.38. The third-order valence-electron chi connectivity index (χ3n) is 6.71. The van der Waals surface area contributed by atoms with Gasteiger partial charge in [-0.05, 0) is 37.3 Å². The van der Waals surface area contributed by atoms with E-state index in [0.717, 1.165) is 54.9 Å². The van der Waals surface area contributed by atoms with Crippen LogP contribution in [-0.2, 0) is 23.9 Å². The van der Waals surface area contributed by atoms with Gasteiger partial charge in [-0.1, -0.05) is 0 Å². The molecule has 16 nitrogen and oxygen atoms in total. The molecule has 4 aromatic rings. The van der Waals surface area contributed by atoms with Crippen LogP contribution in [0.25, 0.3) is 21.9 Å². The molecule has 0 unspecified atom stereocenters. The number of furan rings is 1. The van der Waals surface area contributed by atoms with Crippen LogP contribution in [0.5, 0.6) is 17.2 Å². The second-order valence-electron chi connectivity index (χ2n) is 10.2. The van der Waals surface area contributed by atoms with Gasteiger partial charge >= 0.3 is 23.9 Å². The monoisotopic (exact) mass is 693 g/mol. The number of rotatable bonds is 11. The number of aryl methyl sites for hydroxylation is 1. The lowest BCUT2D eigenvalue weighted by atomic mass is 10.1. The maximum absolute atomic E-state index is 12.2. The van der Waals surface area contributed by atoms with Gasteiger partial charge < -0.3 is 44.4 Å². The van der Waals surface area contributed by atoms with Crippen LogP contribution < -0.4 is 14.8 Å². The topological polar surface area (TPSA) is 235 Å². The van der Waals surface area contributed by atoms with Crippen molar-refractivity contribution in [1.29, 1.82) is 0 Å². The zero-order chi connectivity index (χ0) is 36.6. The van der Waals surface area contributed by atoms with Crippen LogP contribution in [0.15, 0.2) is 77.4 Å². The molecule has 2 aromatic heterocycles. The number of hydrogen-bond donors (Lipinski definition) is 5. The molecule has 5 rings (SSSR count). The number of pyridine rings is 1. The highest BCUT2D eigenvalue weighted by atomic mass is 16.5. The predicted molar refractivity (Wildman–Crippen MR) is 178 cm³/mol. The van der Waals surface area contributed by atoms with Crippen molar-refractivity contribution in [3.63, 3.8) is 0 Å². The molecule has 0 aliphatic carbocycles. The number of fused-ring (bicyclic) bond motifs is 2. The molecule has 1 aliphatic rings. The van der Waals surface area contributed by atoms with E-state index in [2.05, 4.69) is 15.2 Å². The highest BCUT2D eigenvalue weighted by Gasteiger charge is 2.18. The molecular weight excluding hydrogens is 658 g/mol. The second kappa shape index (κ2) is 18.9. The van der Waals surface area contributed by atoms with Crippen LogP contribution in [0.4, 0.5) is 0 Å². The molecule has 1 fully saturated rings. The number of nitrogens with one attached hydrogen (secondary N) is 1. The summed E-state index contributed by atoms with van der Waals surface area (Å²) in [5.74, 6) is -2.56. The molecular formula is C34H35N3O13. The zero-order valence-electron chi connectivity index (χ0n) is 27.0. The number of morpholine rings is 1. The molecule has 16 heteroatoms. The first-order valence-electron chi connectivity index (χ1n) is 14.9. The smallest absolute Gasteiger partial charge is 0.328 e. The minimum atomic E-state index is -1.26. The maximum Gasteiger partial charge on any atom is 0.328 e. The third-order valence-corrected chi connectivity index (χ3v) is 6.71. The summed E-state index contributed by atoms with van der Waals surface area (Å²) in [7, 11) is 1.60. The van der Waals surface area contributed by atoms with Gasteiger partial charge in [-0.15, -0.1) is 0 Å². The largest absolute Gasteiger partial charge is 0.492 e. The predicted octanol–water partition coefficient (Wildman–Crippen LogP) is 3.58. The van der Waals surface area contributed by atoms with E-state index >= 15 is 0 Å². The normalized spacial score (nSPS) is 12.8. The van der Waals surface area contributed by atoms with Crippen molar-refractivity contribution in [3.8, 4) is 17.2 Å². The molecule has 264 valence electrons. The van der Waals surface area contributed by atoms with Gasteiger partial charge in [0.15, 0.2) is 0 Å². The van der Waals surface area contributed by atoms with Gasteiger partial charge in [0.05, 0.1) is 24.3 Å². The summed E-state index contributed by atoms with van der Waals surface area (Å²) in [6, 6.07) is 13.1. The zero-order valence-corrected chi connectivity index (χ0v) is 27.0. The number of carbonyl (C=O) groups excluding carboxylic acids is 1. The molecule has 1 saturated heterocycles. The number of carboxylic acids is 4. The number of aliphatic carboxylic acids is 4. The summed E-state index contributed by atoms with van der Waals surface area (Å²) in [5.41, 5.74) is 1.93. The number of benzene rings is 2. The van der Waals surface area contributed by atoms with Crippen LogP contribution in [-0.4, -0.2) is 107 Å². The Morgan fingerprint density at radius 2 is 1.42 bits per heavy atom. The fourth-order valence-corrected chi connectivity index (χ4v) is 4.48. The molecule has 0 spiro atoms. The van der Waals surface area contributed by atoms with Crippen molar-refractivity contribution in [3.05, 3.63) is 84.3 Å². The molecule has 5 N–H and O–H groups in total. The minimum absolute atomic E-state index is 0.173. The summed E-state index contributed by atoms with van der Waals surface area (Å²) in [6.07, 6.45) is 3.95. The van der Waals surface area contributed by atoms with Gasteiger partial charge in [0.1, 0.15) is 35.2 Å². The number of hydrogen-bond acceptors (Lipinski definition) is 11. The summed E-state index contributed by atoms with van der Waals surface area (Å²) in [4.78, 5) is 57.2. The number of carbonyl (C=O) groups is 5. The molecule has 0 bridgehead atoms. The molecule has 50 heavy (non-hydrogen) atoms. The Balaban J connectivity index is 0.000000352. The van der Waals surface area contributed by atoms with Gasteiger partial charge in [-0.2, -0.15) is 0 Å². The van der Waals surface area contributed by atoms with Crippen LogP contribution in [0, 0.1) is 6.92 Å². The Hall–Kier alpha value is -6.26. The van der Waals surface area contributed by atoms with E-state index in [0.29, 0.717) is 59.3 Å². The molecule has 2 aromatic carbocycles. The lowest BCUT2D eigenvalue weighted by molar-refractivity contribution is -0.134. The standard InChI is InChI=1S/C26H27N3O5.2C4H4O4/c1-17-25(26(30)27-2)21-6-4-19(16-24(21)33-17)34-23-7-8-28-22-15-18(3-5-20(22)23)32-14-11-29-9-12-31-13-10-29;2*5-3(6)1-2-4(7)8/h3-8,15-16H,9-14H2,1-2H3,(H,27,30);2*1-2H,(H,5,6)(H,7,8)/b;2*2-1+. The Morgan fingerprint density at radius 1 is 0.840 bits per heavy atom. The average molecular weight is 694 g/mol. The van der Waals surface area contributed by atoms with Crippen LogP contribution in [0.2, 0.25) is 0 Å². The van der Waals surface area contributed by atoms with E-state index in [4.69, 9.17) is 39.1 Å². The second-order valence-corrected chi connectivity index (χ2v) is 10.2. The molecule has 0 radical (unpaired) electrons. The van der Waals surface area contributed by atoms with Gasteiger partial charge in [-0.3, -0.25) is 14.7 Å². The average Bonchev–Trinajstić information content (AvgIpc) is 3.42. The number of aromatic nitrogens is 1. The van der Waals surface area contributed by atoms with E-state index in [1.54, 1.807) is 26.2 Å². The molecule has 1 aliphatic heterocycles. The van der Waals surface area contributed by atoms with Gasteiger partial charge in [0, 0.05) is 80.1 Å². The fraction of sp³-hybridized carbons (Fsp3) is 0.235. The number of nitrogens with zero attached hydrogens (tertiary/aromatic N) is 2. The van der Waals surface area contributed by atoms with Gasteiger partial charge in [0.2, 0.25) is 0 Å². The van der Waals surface area contributed by atoms with E-state index in [-0.39, 0.29) is 5.91 Å². The SMILES string of the molecule is CNC(=O)c1c(C)oc2cc(Oc3ccnc4cc(OCCN5CCOCC5)ccc34)ccc12.O=C(O)/C=C/C(=O)O.O=C(O)/C=C/C(=O)O. The van der Waals surface area contributed by atoms with Crippen molar-refractivity contribution < 1.29 is 63.0 Å². The first-order valence-corrected chi connectivity index (χ1v) is 14.9. The number of ether oxygens (including phenoxy) is 3. The Morgan fingerprint density at radius 3 is 2.00 bits per heavy atom. The molecule has 1 amide bonds. The van der Waals surface area contributed by atoms with Gasteiger partial charge in [-0.25, -0.2) is 19.2 Å². The molecule has 0 saturated carbocycles. The van der Waals surface area contributed by atoms with Crippen LogP contribution in [0.1, 0.15) is 16.1 Å². The summed E-state index contributed by atoms with van der Waals surface area (Å²) in [6.45, 7) is 6.72. The fourth-order valence-electron chi connectivity index (χ4n) is 4.48. The molecule has 3 heterocycles. The minimum Gasteiger partial charge on any atom is -0.492 e. The summed E-state index contributed by atoms with van der Waals surface area (Å²) in [5, 5.41) is 35.5. The van der Waals surface area contributed by atoms with E-state index in [1.807, 2.05) is 36.4 Å². The Kier molecular flexibility index (Phi) is 14.4. The van der Waals surface area contributed by atoms with Crippen molar-refractivity contribution >= 4 is 51.7 Å². The Bertz CT molecular complexity index is 1830. The van der Waals surface area contributed by atoms with Crippen molar-refractivity contribution in [2.75, 3.05) is 46.5 Å². The van der Waals surface area contributed by atoms with Crippen LogP contribution >= 0.6 is 0 Å². The highest BCUT2D eigenvalue weighted by molar-refractivity contribution is 6.07. The van der Waals surface area contributed by atoms with Crippen molar-refractivity contribution in [2.45, 2.75) is 6.92 Å². The van der Waals surface area contributed by atoms with E-state index in [1.165, 1.54) is 0 Å².